The lowest BCUT2D eigenvalue weighted by molar-refractivity contribution is 0.607. The first-order chi connectivity index (χ1) is 9.33. The van der Waals surface area contributed by atoms with Crippen LogP contribution in [0.1, 0.15) is 10.6 Å². The molecule has 0 N–H and O–H groups in total. The fourth-order valence-electron chi connectivity index (χ4n) is 1.65. The van der Waals surface area contributed by atoms with Gasteiger partial charge in [-0.15, -0.1) is 16.4 Å². The van der Waals surface area contributed by atoms with E-state index in [-0.39, 0.29) is 0 Å². The Hall–Kier alpha value is -1.91. The Balaban J connectivity index is 1.81. The molecule has 0 aliphatic rings. The van der Waals surface area contributed by atoms with Gasteiger partial charge in [0.25, 0.3) is 0 Å². The molecule has 2 aromatic heterocycles. The lowest BCUT2D eigenvalue weighted by atomic mass is 10.2. The fourth-order valence-corrected chi connectivity index (χ4v) is 2.49. The maximum absolute atomic E-state index is 6.01. The zero-order valence-corrected chi connectivity index (χ0v) is 11.4. The normalized spacial score (nSPS) is 12.6. The van der Waals surface area contributed by atoms with Crippen LogP contribution in [0.4, 0.5) is 0 Å². The second-order valence-corrected chi connectivity index (χ2v) is 5.10. The Morgan fingerprint density at radius 1 is 1.21 bits per heavy atom. The lowest BCUT2D eigenvalue weighted by Gasteiger charge is -1.87. The Morgan fingerprint density at radius 3 is 2.89 bits per heavy atom. The van der Waals surface area contributed by atoms with Crippen LogP contribution < -0.4 is 0 Å². The van der Waals surface area contributed by atoms with E-state index in [1.807, 2.05) is 47.8 Å². The predicted molar refractivity (Wildman–Crippen MR) is 80.5 cm³/mol. The number of thiophene rings is 1. The molecule has 2 heterocycles. The van der Waals surface area contributed by atoms with E-state index in [1.54, 1.807) is 6.21 Å². The molecule has 0 atom stereocenters. The SMILES string of the molecule is Cl/C(=N\N=Cc1cc2ccccc2o1)c1cccs1. The largest absolute Gasteiger partial charge is 0.455 e. The highest BCUT2D eigenvalue weighted by Crippen LogP contribution is 2.17. The van der Waals surface area contributed by atoms with E-state index in [2.05, 4.69) is 10.2 Å². The van der Waals surface area contributed by atoms with Crippen LogP contribution in [-0.4, -0.2) is 11.4 Å². The summed E-state index contributed by atoms with van der Waals surface area (Å²) in [7, 11) is 0. The first-order valence-electron chi connectivity index (χ1n) is 5.62. The number of fused-ring (bicyclic) bond motifs is 1. The van der Waals surface area contributed by atoms with E-state index in [4.69, 9.17) is 16.0 Å². The molecule has 0 bridgehead atoms. The second-order valence-electron chi connectivity index (χ2n) is 3.80. The molecule has 1 aromatic carbocycles. The van der Waals surface area contributed by atoms with Gasteiger partial charge in [0.15, 0.2) is 5.17 Å². The molecular weight excluding hydrogens is 280 g/mol. The van der Waals surface area contributed by atoms with Crippen molar-refractivity contribution in [1.29, 1.82) is 0 Å². The summed E-state index contributed by atoms with van der Waals surface area (Å²) in [5.41, 5.74) is 0.831. The number of hydrogen-bond acceptors (Lipinski definition) is 4. The smallest absolute Gasteiger partial charge is 0.168 e. The zero-order valence-electron chi connectivity index (χ0n) is 9.79. The van der Waals surface area contributed by atoms with E-state index in [0.29, 0.717) is 10.9 Å². The highest BCUT2D eigenvalue weighted by Gasteiger charge is 2.01. The first kappa shape index (κ1) is 12.1. The fraction of sp³-hybridized carbons (Fsp3) is 0. The molecule has 3 aromatic rings. The summed E-state index contributed by atoms with van der Waals surface area (Å²) in [5.74, 6) is 0.653. The van der Waals surface area contributed by atoms with Gasteiger partial charge in [-0.3, -0.25) is 0 Å². The summed E-state index contributed by atoms with van der Waals surface area (Å²) in [6, 6.07) is 13.5. The summed E-state index contributed by atoms with van der Waals surface area (Å²) in [6.07, 6.45) is 1.55. The third kappa shape index (κ3) is 2.75. The lowest BCUT2D eigenvalue weighted by Crippen LogP contribution is -1.84. The van der Waals surface area contributed by atoms with Crippen LogP contribution in [0.2, 0.25) is 0 Å². The molecule has 0 aliphatic heterocycles. The number of benzene rings is 1. The van der Waals surface area contributed by atoms with E-state index < -0.39 is 0 Å². The van der Waals surface area contributed by atoms with Gasteiger partial charge in [-0.25, -0.2) is 0 Å². The average Bonchev–Trinajstić information content (AvgIpc) is 3.07. The molecule has 19 heavy (non-hydrogen) atoms. The van der Waals surface area contributed by atoms with Gasteiger partial charge >= 0.3 is 0 Å². The zero-order chi connectivity index (χ0) is 13.1. The van der Waals surface area contributed by atoms with Crippen molar-refractivity contribution in [3.8, 4) is 0 Å². The molecule has 0 fully saturated rings. The summed E-state index contributed by atoms with van der Waals surface area (Å²) < 4.78 is 5.58. The molecule has 3 nitrogen and oxygen atoms in total. The van der Waals surface area contributed by atoms with Crippen molar-refractivity contribution in [2.45, 2.75) is 0 Å². The number of rotatable bonds is 3. The number of furan rings is 1. The number of nitrogens with zero attached hydrogens (tertiary/aromatic N) is 2. The van der Waals surface area contributed by atoms with E-state index >= 15 is 0 Å². The van der Waals surface area contributed by atoms with E-state index in [0.717, 1.165) is 15.8 Å². The predicted octanol–water partition coefficient (Wildman–Crippen LogP) is 4.51. The minimum absolute atomic E-state index is 0.377. The Morgan fingerprint density at radius 2 is 2.11 bits per heavy atom. The first-order valence-corrected chi connectivity index (χ1v) is 6.88. The molecule has 5 heteroatoms. The van der Waals surface area contributed by atoms with E-state index in [9.17, 15) is 0 Å². The Labute approximate surface area is 118 Å². The van der Waals surface area contributed by atoms with Crippen molar-refractivity contribution in [2.24, 2.45) is 10.2 Å². The van der Waals surface area contributed by atoms with Gasteiger partial charge in [0.1, 0.15) is 11.3 Å². The molecule has 0 unspecified atom stereocenters. The van der Waals surface area contributed by atoms with Gasteiger partial charge in [-0.1, -0.05) is 35.9 Å². The Bertz CT molecular complexity index is 711. The Kier molecular flexibility index (Phi) is 3.44. The van der Waals surface area contributed by atoms with Gasteiger partial charge in [0.05, 0.1) is 11.1 Å². The molecule has 0 aliphatic carbocycles. The van der Waals surface area contributed by atoms with Crippen molar-refractivity contribution in [1.82, 2.24) is 0 Å². The van der Waals surface area contributed by atoms with Gasteiger partial charge in [0, 0.05) is 5.39 Å². The van der Waals surface area contributed by atoms with Gasteiger partial charge < -0.3 is 4.42 Å². The van der Waals surface area contributed by atoms with Crippen molar-refractivity contribution in [2.75, 3.05) is 0 Å². The summed E-state index contributed by atoms with van der Waals surface area (Å²) in [6.45, 7) is 0. The van der Waals surface area contributed by atoms with Crippen molar-refractivity contribution >= 4 is 45.3 Å². The minimum Gasteiger partial charge on any atom is -0.455 e. The molecule has 0 radical (unpaired) electrons. The number of halogens is 1. The maximum Gasteiger partial charge on any atom is 0.168 e. The summed E-state index contributed by atoms with van der Waals surface area (Å²) in [5, 5.41) is 11.2. The van der Waals surface area contributed by atoms with Crippen LogP contribution in [0.5, 0.6) is 0 Å². The molecule has 0 spiro atoms. The van der Waals surface area contributed by atoms with Crippen LogP contribution in [0.15, 0.2) is 62.5 Å². The average molecular weight is 289 g/mol. The number of hydrogen-bond donors (Lipinski definition) is 0. The van der Waals surface area contributed by atoms with Crippen LogP contribution in [0, 0.1) is 0 Å². The van der Waals surface area contributed by atoms with Gasteiger partial charge in [-0.05, 0) is 23.6 Å². The van der Waals surface area contributed by atoms with Gasteiger partial charge in [0.2, 0.25) is 0 Å². The molecule has 0 amide bonds. The van der Waals surface area contributed by atoms with Gasteiger partial charge in [-0.2, -0.15) is 5.10 Å². The molecule has 0 saturated carbocycles. The molecule has 3 rings (SSSR count). The molecule has 94 valence electrons. The highest BCUT2D eigenvalue weighted by molar-refractivity contribution is 7.14. The van der Waals surface area contributed by atoms with Crippen molar-refractivity contribution in [3.05, 3.63) is 58.5 Å². The standard InChI is InChI=1S/C14H9ClN2OS/c15-14(13-6-3-7-19-13)17-16-9-11-8-10-4-1-2-5-12(10)18-11/h1-9H/b16-9?,17-14-. The summed E-state index contributed by atoms with van der Waals surface area (Å²) >= 11 is 7.53. The second kappa shape index (κ2) is 5.38. The summed E-state index contributed by atoms with van der Waals surface area (Å²) in [4.78, 5) is 0.892. The quantitative estimate of drug-likeness (QED) is 0.516. The van der Waals surface area contributed by atoms with Crippen LogP contribution in [0.25, 0.3) is 11.0 Å². The van der Waals surface area contributed by atoms with Crippen LogP contribution >= 0.6 is 22.9 Å². The highest BCUT2D eigenvalue weighted by atomic mass is 35.5. The minimum atomic E-state index is 0.377. The maximum atomic E-state index is 6.01. The van der Waals surface area contributed by atoms with Crippen LogP contribution in [0.3, 0.4) is 0 Å². The van der Waals surface area contributed by atoms with Crippen molar-refractivity contribution < 1.29 is 4.42 Å². The third-order valence-electron chi connectivity index (χ3n) is 2.50. The molecular formula is C14H9ClN2OS. The van der Waals surface area contributed by atoms with Crippen molar-refractivity contribution in [3.63, 3.8) is 0 Å². The van der Waals surface area contributed by atoms with E-state index in [1.165, 1.54) is 11.3 Å². The third-order valence-corrected chi connectivity index (χ3v) is 3.77. The monoisotopic (exact) mass is 288 g/mol. The molecule has 0 saturated heterocycles. The van der Waals surface area contributed by atoms with Crippen LogP contribution in [-0.2, 0) is 0 Å². The number of para-hydroxylation sites is 1. The topological polar surface area (TPSA) is 37.9 Å².